The summed E-state index contributed by atoms with van der Waals surface area (Å²) in [6, 6.07) is 0.344. The molecule has 0 bridgehead atoms. The maximum Gasteiger partial charge on any atom is 2.00 e. The number of rotatable bonds is 6. The normalized spacial score (nSPS) is 18.9. The number of aliphatic hydroxyl groups is 1. The molecule has 0 unspecified atom stereocenters. The quantitative estimate of drug-likeness (QED) is 0.457. The van der Waals surface area contributed by atoms with Gasteiger partial charge in [-0.3, -0.25) is 0 Å². The van der Waals surface area contributed by atoms with Crippen LogP contribution in [0.3, 0.4) is 0 Å². The second-order valence-corrected chi connectivity index (χ2v) is 5.79. The number of hydrogen-bond donors (Lipinski definition) is 1. The number of esters is 1. The molecule has 0 amide bonds. The van der Waals surface area contributed by atoms with Crippen molar-refractivity contribution in [3.63, 3.8) is 0 Å². The first-order valence-corrected chi connectivity index (χ1v) is 7.15. The van der Waals surface area contributed by atoms with E-state index in [9.17, 15) is 9.90 Å². The summed E-state index contributed by atoms with van der Waals surface area (Å²) in [6.07, 6.45) is 2.47. The van der Waals surface area contributed by atoms with Gasteiger partial charge in [0.05, 0.1) is 6.61 Å². The molecule has 5 heteroatoms. The van der Waals surface area contributed by atoms with Gasteiger partial charge in [0.25, 0.3) is 0 Å². The Labute approximate surface area is 136 Å². The van der Waals surface area contributed by atoms with Crippen LogP contribution in [0.1, 0.15) is 39.5 Å². The number of hydrogen-bond acceptors (Lipinski definition) is 4. The van der Waals surface area contributed by atoms with E-state index in [2.05, 4.69) is 18.7 Å². The Kier molecular flexibility index (Phi) is 9.12. The minimum absolute atomic E-state index is 0. The van der Waals surface area contributed by atoms with E-state index in [1.54, 1.807) is 0 Å². The van der Waals surface area contributed by atoms with E-state index in [1.807, 2.05) is 13.8 Å². The van der Waals surface area contributed by atoms with Crippen LogP contribution in [-0.4, -0.2) is 47.3 Å². The number of ether oxygens (including phenoxy) is 1. The van der Waals surface area contributed by atoms with E-state index in [-0.39, 0.29) is 25.4 Å². The Morgan fingerprint density at radius 3 is 2.20 bits per heavy atom. The molecule has 1 aliphatic heterocycles. The summed E-state index contributed by atoms with van der Waals surface area (Å²) in [5.41, 5.74) is -1.31. The molecule has 4 nitrogen and oxygen atoms in total. The van der Waals surface area contributed by atoms with E-state index in [1.165, 1.54) is 0 Å². The molecular weight excluding hydrogens is 308 g/mol. The van der Waals surface area contributed by atoms with Crippen LogP contribution in [0.2, 0.25) is 0 Å². The first-order chi connectivity index (χ1) is 8.92. The van der Waals surface area contributed by atoms with Gasteiger partial charge in [-0.15, -0.1) is 0 Å². The third-order valence-electron chi connectivity index (χ3n) is 3.74. The zero-order valence-corrected chi connectivity index (χ0v) is 15.9. The SMILES string of the molecule is [CH2-]CC(C[CH2-])N1CCC(O)(C(=O)OCC(C)C)CC1.[Zn+2]. The second-order valence-electron chi connectivity index (χ2n) is 5.79. The third kappa shape index (κ3) is 5.42. The summed E-state index contributed by atoms with van der Waals surface area (Å²) in [5, 5.41) is 10.4. The first-order valence-electron chi connectivity index (χ1n) is 7.15. The molecule has 20 heavy (non-hydrogen) atoms. The average molecular weight is 335 g/mol. The molecular formula is C15H27NO3Zn. The molecule has 1 saturated heterocycles. The van der Waals surface area contributed by atoms with Crippen molar-refractivity contribution in [2.75, 3.05) is 19.7 Å². The van der Waals surface area contributed by atoms with Crippen LogP contribution in [-0.2, 0) is 29.0 Å². The van der Waals surface area contributed by atoms with Crippen molar-refractivity contribution in [3.8, 4) is 0 Å². The molecule has 0 saturated carbocycles. The van der Waals surface area contributed by atoms with Crippen molar-refractivity contribution in [1.82, 2.24) is 4.90 Å². The Balaban J connectivity index is 0.00000361. The number of carbonyl (C=O) groups is 1. The minimum Gasteiger partial charge on any atom is -0.463 e. The molecule has 0 spiro atoms. The van der Waals surface area contributed by atoms with Gasteiger partial charge in [-0.25, -0.2) is 4.79 Å². The van der Waals surface area contributed by atoms with Crippen molar-refractivity contribution >= 4 is 5.97 Å². The maximum absolute atomic E-state index is 11.9. The van der Waals surface area contributed by atoms with E-state index < -0.39 is 11.6 Å². The van der Waals surface area contributed by atoms with Crippen LogP contribution in [0, 0.1) is 19.8 Å². The largest absolute Gasteiger partial charge is 2.00 e. The Hall–Kier alpha value is 0.0134. The number of nitrogens with zero attached hydrogens (tertiary/aromatic N) is 1. The molecule has 1 N–H and O–H groups in total. The fourth-order valence-electron chi connectivity index (χ4n) is 2.35. The Bertz CT molecular complexity index is 285. The second kappa shape index (κ2) is 9.12. The zero-order chi connectivity index (χ0) is 14.5. The van der Waals surface area contributed by atoms with Gasteiger partial charge in [-0.2, -0.15) is 12.8 Å². The molecule has 0 aromatic heterocycles. The van der Waals surface area contributed by atoms with Gasteiger partial charge >= 0.3 is 25.4 Å². The minimum atomic E-state index is -1.31. The van der Waals surface area contributed by atoms with Crippen molar-refractivity contribution in [1.29, 1.82) is 0 Å². The van der Waals surface area contributed by atoms with E-state index in [0.29, 0.717) is 38.6 Å². The topological polar surface area (TPSA) is 49.8 Å². The van der Waals surface area contributed by atoms with Crippen LogP contribution in [0.15, 0.2) is 0 Å². The van der Waals surface area contributed by atoms with Gasteiger partial charge in [0, 0.05) is 13.1 Å². The maximum atomic E-state index is 11.9. The molecule has 1 aliphatic rings. The van der Waals surface area contributed by atoms with Gasteiger partial charge in [-0.05, 0) is 24.8 Å². The molecule has 0 aromatic rings. The van der Waals surface area contributed by atoms with Crippen molar-refractivity contribution < 1.29 is 34.1 Å². The molecule has 0 aliphatic carbocycles. The third-order valence-corrected chi connectivity index (χ3v) is 3.74. The predicted molar refractivity (Wildman–Crippen MR) is 75.3 cm³/mol. The van der Waals surface area contributed by atoms with Gasteiger partial charge in [0.15, 0.2) is 5.60 Å². The average Bonchev–Trinajstić information content (AvgIpc) is 2.39. The summed E-state index contributed by atoms with van der Waals surface area (Å²) in [7, 11) is 0. The van der Waals surface area contributed by atoms with Gasteiger partial charge in [0.2, 0.25) is 0 Å². The fraction of sp³-hybridized carbons (Fsp3) is 0.800. The van der Waals surface area contributed by atoms with Crippen LogP contribution in [0.4, 0.5) is 0 Å². The summed E-state index contributed by atoms with van der Waals surface area (Å²) < 4.78 is 5.16. The molecule has 0 atom stereocenters. The first kappa shape index (κ1) is 20.0. The molecule has 0 aromatic carbocycles. The summed E-state index contributed by atoms with van der Waals surface area (Å²) >= 11 is 0. The van der Waals surface area contributed by atoms with Gasteiger partial charge in [-0.1, -0.05) is 13.8 Å². The van der Waals surface area contributed by atoms with Crippen molar-refractivity contribution in [2.24, 2.45) is 5.92 Å². The molecule has 0 radical (unpaired) electrons. The molecule has 1 heterocycles. The van der Waals surface area contributed by atoms with E-state index >= 15 is 0 Å². The standard InChI is InChI=1S/C15H27NO3.Zn/c1-5-13(6-2)16-9-7-15(18,8-10-16)14(17)19-11-12(3)4;/h12-13,18H,1-2,5-11H2,3-4H3;/q-2;+2. The summed E-state index contributed by atoms with van der Waals surface area (Å²) in [5.74, 6) is -0.184. The van der Waals surface area contributed by atoms with Gasteiger partial charge < -0.3 is 28.6 Å². The van der Waals surface area contributed by atoms with Crippen LogP contribution in [0.5, 0.6) is 0 Å². The summed E-state index contributed by atoms with van der Waals surface area (Å²) in [6.45, 7) is 13.6. The Morgan fingerprint density at radius 2 is 1.80 bits per heavy atom. The van der Waals surface area contributed by atoms with Crippen molar-refractivity contribution in [3.05, 3.63) is 13.8 Å². The van der Waals surface area contributed by atoms with E-state index in [4.69, 9.17) is 4.74 Å². The monoisotopic (exact) mass is 333 g/mol. The summed E-state index contributed by atoms with van der Waals surface area (Å²) in [4.78, 5) is 14.2. The van der Waals surface area contributed by atoms with E-state index in [0.717, 1.165) is 12.8 Å². The number of carbonyl (C=O) groups excluding carboxylic acids is 1. The molecule has 1 rings (SSSR count). The smallest absolute Gasteiger partial charge is 0.463 e. The van der Waals surface area contributed by atoms with Crippen molar-refractivity contribution in [2.45, 2.75) is 51.2 Å². The molecule has 112 valence electrons. The van der Waals surface area contributed by atoms with Gasteiger partial charge in [0.1, 0.15) is 0 Å². The zero-order valence-electron chi connectivity index (χ0n) is 12.9. The molecule has 1 fully saturated rings. The fourth-order valence-corrected chi connectivity index (χ4v) is 2.35. The van der Waals surface area contributed by atoms with Crippen LogP contribution >= 0.6 is 0 Å². The van der Waals surface area contributed by atoms with Crippen LogP contribution in [0.25, 0.3) is 0 Å². The Morgan fingerprint density at radius 1 is 1.30 bits per heavy atom. The number of piperidine rings is 1. The van der Waals surface area contributed by atoms with Crippen LogP contribution < -0.4 is 0 Å². The predicted octanol–water partition coefficient (Wildman–Crippen LogP) is 1.83. The number of likely N-dealkylation sites (tertiary alicyclic amines) is 1.